The molecule has 0 saturated carbocycles. The Morgan fingerprint density at radius 2 is 1.65 bits per heavy atom. The normalized spacial score (nSPS) is 17.2. The van der Waals surface area contributed by atoms with Crippen LogP contribution in [0.5, 0.6) is 0 Å². The number of ether oxygens (including phenoxy) is 1. The Hall–Kier alpha value is -1.35. The highest BCUT2D eigenvalue weighted by Gasteiger charge is 2.12. The van der Waals surface area contributed by atoms with Gasteiger partial charge in [-0.1, -0.05) is 43.5 Å². The van der Waals surface area contributed by atoms with Crippen LogP contribution in [0.25, 0.3) is 0 Å². The van der Waals surface area contributed by atoms with Crippen LogP contribution in [0.3, 0.4) is 0 Å². The number of esters is 1. The van der Waals surface area contributed by atoms with Crippen LogP contribution in [-0.2, 0) is 22.5 Å². The van der Waals surface area contributed by atoms with Crippen molar-refractivity contribution in [2.75, 3.05) is 20.2 Å². The van der Waals surface area contributed by atoms with E-state index in [4.69, 9.17) is 4.74 Å². The fraction of sp³-hybridized carbons (Fsp3) is 0.588. The number of carbonyl (C=O) groups excluding carboxylic acids is 1. The molecule has 0 spiro atoms. The number of nitrogens with zero attached hydrogens (tertiary/aromatic N) is 1. The van der Waals surface area contributed by atoms with E-state index >= 15 is 0 Å². The van der Waals surface area contributed by atoms with Gasteiger partial charge in [0.15, 0.2) is 0 Å². The zero-order valence-electron chi connectivity index (χ0n) is 12.4. The summed E-state index contributed by atoms with van der Waals surface area (Å²) in [4.78, 5) is 14.0. The molecule has 1 aromatic carbocycles. The highest BCUT2D eigenvalue weighted by Crippen LogP contribution is 2.16. The Labute approximate surface area is 121 Å². The third-order valence-electron chi connectivity index (χ3n) is 4.02. The fourth-order valence-corrected chi connectivity index (χ4v) is 2.82. The second-order valence-corrected chi connectivity index (χ2v) is 5.57. The maximum Gasteiger partial charge on any atom is 0.309 e. The molecule has 1 aromatic rings. The number of carbonyl (C=O) groups is 1. The maximum atomic E-state index is 11.5. The van der Waals surface area contributed by atoms with Crippen LogP contribution in [0.15, 0.2) is 24.3 Å². The van der Waals surface area contributed by atoms with Gasteiger partial charge in [0.1, 0.15) is 0 Å². The lowest BCUT2D eigenvalue weighted by Gasteiger charge is -2.25. The van der Waals surface area contributed by atoms with Gasteiger partial charge in [-0.15, -0.1) is 0 Å². The highest BCUT2D eigenvalue weighted by molar-refractivity contribution is 5.72. The summed E-state index contributed by atoms with van der Waals surface area (Å²) in [6.07, 6.45) is 7.03. The Balaban J connectivity index is 2.01. The van der Waals surface area contributed by atoms with Crippen molar-refractivity contribution in [2.24, 2.45) is 0 Å². The molecule has 1 heterocycles. The molecule has 0 amide bonds. The molecule has 1 fully saturated rings. The molecule has 0 aliphatic carbocycles. The third-order valence-corrected chi connectivity index (χ3v) is 4.02. The summed E-state index contributed by atoms with van der Waals surface area (Å²) >= 11 is 0. The number of rotatable bonds is 4. The van der Waals surface area contributed by atoms with E-state index in [-0.39, 0.29) is 5.97 Å². The van der Waals surface area contributed by atoms with Crippen LogP contribution in [-0.4, -0.2) is 31.1 Å². The largest absolute Gasteiger partial charge is 0.469 e. The van der Waals surface area contributed by atoms with Gasteiger partial charge in [-0.3, -0.25) is 9.69 Å². The van der Waals surface area contributed by atoms with E-state index in [1.54, 1.807) is 0 Å². The van der Waals surface area contributed by atoms with E-state index in [1.165, 1.54) is 57.9 Å². The molecule has 1 aliphatic heterocycles. The molecule has 1 saturated heterocycles. The SMILES string of the molecule is COC(=O)Cc1ccccc1CN1CCCCCCC1. The van der Waals surface area contributed by atoms with E-state index in [1.807, 2.05) is 12.1 Å². The molecule has 0 N–H and O–H groups in total. The van der Waals surface area contributed by atoms with Gasteiger partial charge < -0.3 is 4.74 Å². The zero-order valence-corrected chi connectivity index (χ0v) is 12.4. The van der Waals surface area contributed by atoms with Crippen molar-refractivity contribution in [3.8, 4) is 0 Å². The lowest BCUT2D eigenvalue weighted by molar-refractivity contribution is -0.139. The van der Waals surface area contributed by atoms with Crippen molar-refractivity contribution >= 4 is 5.97 Å². The maximum absolute atomic E-state index is 11.5. The van der Waals surface area contributed by atoms with Gasteiger partial charge in [0.2, 0.25) is 0 Å². The third kappa shape index (κ3) is 4.64. The van der Waals surface area contributed by atoms with Gasteiger partial charge in [-0.25, -0.2) is 0 Å². The smallest absolute Gasteiger partial charge is 0.309 e. The second-order valence-electron chi connectivity index (χ2n) is 5.57. The van der Waals surface area contributed by atoms with E-state index in [0.717, 1.165) is 12.1 Å². The molecule has 1 aliphatic rings. The first kappa shape index (κ1) is 15.0. The summed E-state index contributed by atoms with van der Waals surface area (Å²) in [6.45, 7) is 3.30. The molecule has 2 rings (SSSR count). The molecule has 20 heavy (non-hydrogen) atoms. The molecule has 110 valence electrons. The van der Waals surface area contributed by atoms with Crippen molar-refractivity contribution in [1.82, 2.24) is 4.90 Å². The van der Waals surface area contributed by atoms with Crippen molar-refractivity contribution in [2.45, 2.75) is 45.1 Å². The Morgan fingerprint density at radius 3 is 2.30 bits per heavy atom. The number of hydrogen-bond donors (Lipinski definition) is 0. The van der Waals surface area contributed by atoms with Crippen molar-refractivity contribution in [3.63, 3.8) is 0 Å². The van der Waals surface area contributed by atoms with Gasteiger partial charge in [-0.05, 0) is 37.1 Å². The number of methoxy groups -OCH3 is 1. The minimum absolute atomic E-state index is 0.162. The summed E-state index contributed by atoms with van der Waals surface area (Å²) in [6, 6.07) is 8.22. The number of hydrogen-bond acceptors (Lipinski definition) is 3. The highest BCUT2D eigenvalue weighted by atomic mass is 16.5. The average molecular weight is 275 g/mol. The first-order valence-electron chi connectivity index (χ1n) is 7.65. The van der Waals surface area contributed by atoms with Gasteiger partial charge >= 0.3 is 5.97 Å². The molecule has 0 atom stereocenters. The Kier molecular flexibility index (Phi) is 6.06. The first-order chi connectivity index (χ1) is 9.79. The molecule has 3 heteroatoms. The van der Waals surface area contributed by atoms with Gasteiger partial charge in [0.25, 0.3) is 0 Å². The Bertz CT molecular complexity index is 423. The average Bonchev–Trinajstić information content (AvgIpc) is 2.43. The second kappa shape index (κ2) is 8.05. The van der Waals surface area contributed by atoms with Crippen LogP contribution in [0.1, 0.15) is 43.2 Å². The van der Waals surface area contributed by atoms with Crippen LogP contribution in [0.4, 0.5) is 0 Å². The zero-order chi connectivity index (χ0) is 14.2. The summed E-state index contributed by atoms with van der Waals surface area (Å²) in [5, 5.41) is 0. The van der Waals surface area contributed by atoms with Crippen LogP contribution >= 0.6 is 0 Å². The topological polar surface area (TPSA) is 29.5 Å². The van der Waals surface area contributed by atoms with E-state index in [2.05, 4.69) is 17.0 Å². The molecule has 0 bridgehead atoms. The number of benzene rings is 1. The predicted molar refractivity (Wildman–Crippen MR) is 80.5 cm³/mol. The quantitative estimate of drug-likeness (QED) is 0.790. The van der Waals surface area contributed by atoms with E-state index in [9.17, 15) is 4.79 Å². The number of likely N-dealkylation sites (tertiary alicyclic amines) is 1. The van der Waals surface area contributed by atoms with Gasteiger partial charge in [-0.2, -0.15) is 0 Å². The minimum atomic E-state index is -0.162. The van der Waals surface area contributed by atoms with Crippen molar-refractivity contribution < 1.29 is 9.53 Å². The first-order valence-corrected chi connectivity index (χ1v) is 7.65. The van der Waals surface area contributed by atoms with Gasteiger partial charge in [0.05, 0.1) is 13.5 Å². The van der Waals surface area contributed by atoms with Crippen molar-refractivity contribution in [1.29, 1.82) is 0 Å². The van der Waals surface area contributed by atoms with Gasteiger partial charge in [0, 0.05) is 6.54 Å². The summed E-state index contributed by atoms with van der Waals surface area (Å²) in [5.74, 6) is -0.162. The van der Waals surface area contributed by atoms with Crippen LogP contribution in [0, 0.1) is 0 Å². The molecule has 0 radical (unpaired) electrons. The lowest BCUT2D eigenvalue weighted by Crippen LogP contribution is -2.27. The molecule has 0 aromatic heterocycles. The monoisotopic (exact) mass is 275 g/mol. The predicted octanol–water partition coefficient (Wildman–Crippen LogP) is 3.17. The van der Waals surface area contributed by atoms with E-state index in [0.29, 0.717) is 6.42 Å². The van der Waals surface area contributed by atoms with Crippen LogP contribution in [0.2, 0.25) is 0 Å². The lowest BCUT2D eigenvalue weighted by atomic mass is 10.0. The summed E-state index contributed by atoms with van der Waals surface area (Å²) in [5.41, 5.74) is 2.36. The van der Waals surface area contributed by atoms with Crippen molar-refractivity contribution in [3.05, 3.63) is 35.4 Å². The summed E-state index contributed by atoms with van der Waals surface area (Å²) < 4.78 is 4.78. The molecule has 3 nitrogen and oxygen atoms in total. The minimum Gasteiger partial charge on any atom is -0.469 e. The van der Waals surface area contributed by atoms with E-state index < -0.39 is 0 Å². The Morgan fingerprint density at radius 1 is 1.05 bits per heavy atom. The fourth-order valence-electron chi connectivity index (χ4n) is 2.82. The summed E-state index contributed by atoms with van der Waals surface area (Å²) in [7, 11) is 1.45. The molecule has 0 unspecified atom stereocenters. The molecular formula is C17H25NO2. The molecular weight excluding hydrogens is 250 g/mol. The van der Waals surface area contributed by atoms with Crippen LogP contribution < -0.4 is 0 Å². The standard InChI is InChI=1S/C17H25NO2/c1-20-17(19)13-15-9-5-6-10-16(15)14-18-11-7-3-2-4-8-12-18/h5-6,9-10H,2-4,7-8,11-14H2,1H3.